The topological polar surface area (TPSA) is 91.2 Å². The number of hydrogen-bond acceptors (Lipinski definition) is 7. The maximum atomic E-state index is 12.7. The van der Waals surface area contributed by atoms with E-state index in [9.17, 15) is 4.79 Å². The number of halogens is 1. The number of rotatable bonds is 6. The number of nitrogens with one attached hydrogen (secondary N) is 1. The molecule has 0 saturated carbocycles. The minimum Gasteiger partial charge on any atom is -0.489 e. The molecule has 1 aliphatic heterocycles. The molecule has 0 spiro atoms. The van der Waals surface area contributed by atoms with Crippen molar-refractivity contribution in [1.29, 1.82) is 0 Å². The zero-order chi connectivity index (χ0) is 21.1. The van der Waals surface area contributed by atoms with Gasteiger partial charge in [0.25, 0.3) is 0 Å². The average Bonchev–Trinajstić information content (AvgIpc) is 3.20. The Hall–Kier alpha value is -3.39. The Labute approximate surface area is 178 Å². The van der Waals surface area contributed by atoms with Gasteiger partial charge in [-0.25, -0.2) is 4.79 Å². The number of ether oxygens (including phenoxy) is 2. The molecule has 4 rings (SSSR count). The molecule has 3 aromatic rings. The van der Waals surface area contributed by atoms with Crippen molar-refractivity contribution in [3.63, 3.8) is 0 Å². The molecule has 2 aromatic carbocycles. The van der Waals surface area contributed by atoms with Crippen LogP contribution in [0.15, 0.2) is 59.8 Å². The van der Waals surface area contributed by atoms with E-state index >= 15 is 0 Å². The molecule has 1 aromatic heterocycles. The first kappa shape index (κ1) is 19.9. The summed E-state index contributed by atoms with van der Waals surface area (Å²) in [6, 6.07) is 14.5. The molecular formula is C21H20ClN5O3. The number of carbonyl (C=O) groups is 1. The summed E-state index contributed by atoms with van der Waals surface area (Å²) in [5.41, 5.74) is 2.90. The second-order valence-electron chi connectivity index (χ2n) is 6.72. The number of nitrogens with zero attached hydrogens (tertiary/aromatic N) is 4. The van der Waals surface area contributed by atoms with E-state index in [0.717, 1.165) is 11.1 Å². The van der Waals surface area contributed by atoms with Gasteiger partial charge in [0.05, 0.1) is 12.2 Å². The maximum absolute atomic E-state index is 12.7. The van der Waals surface area contributed by atoms with Gasteiger partial charge >= 0.3 is 5.97 Å². The molecule has 8 nitrogen and oxygen atoms in total. The highest BCUT2D eigenvalue weighted by Crippen LogP contribution is 2.36. The van der Waals surface area contributed by atoms with Crippen LogP contribution >= 0.6 is 11.6 Å². The summed E-state index contributed by atoms with van der Waals surface area (Å²) in [5, 5.41) is 15.5. The molecular weight excluding hydrogens is 406 g/mol. The number of hydrogen-bond donors (Lipinski definition) is 1. The second-order valence-corrected chi connectivity index (χ2v) is 7.16. The lowest BCUT2D eigenvalue weighted by Gasteiger charge is -2.27. The van der Waals surface area contributed by atoms with Crippen LogP contribution in [0.5, 0.6) is 5.75 Å². The SMILES string of the molecule is CCOC(=O)C1=C(C)Nc2nnnn2C1c1cccc(OCc2ccc(Cl)cc2)c1. The minimum absolute atomic E-state index is 0.273. The number of benzene rings is 2. The summed E-state index contributed by atoms with van der Waals surface area (Å²) in [7, 11) is 0. The van der Waals surface area contributed by atoms with E-state index in [1.807, 2.05) is 48.5 Å². The fourth-order valence-electron chi connectivity index (χ4n) is 3.32. The molecule has 154 valence electrons. The Morgan fingerprint density at radius 1 is 1.23 bits per heavy atom. The number of anilines is 1. The van der Waals surface area contributed by atoms with E-state index < -0.39 is 12.0 Å². The summed E-state index contributed by atoms with van der Waals surface area (Å²) >= 11 is 5.93. The Morgan fingerprint density at radius 3 is 2.80 bits per heavy atom. The third kappa shape index (κ3) is 3.99. The number of esters is 1. The largest absolute Gasteiger partial charge is 0.489 e. The molecule has 0 amide bonds. The van der Waals surface area contributed by atoms with Crippen LogP contribution in [0.2, 0.25) is 5.02 Å². The number of tetrazole rings is 1. The first-order valence-electron chi connectivity index (χ1n) is 9.46. The van der Waals surface area contributed by atoms with Crippen LogP contribution in [0.25, 0.3) is 0 Å². The molecule has 30 heavy (non-hydrogen) atoms. The zero-order valence-electron chi connectivity index (χ0n) is 16.5. The molecule has 1 unspecified atom stereocenters. The highest BCUT2D eigenvalue weighted by molar-refractivity contribution is 6.30. The highest BCUT2D eigenvalue weighted by Gasteiger charge is 2.35. The van der Waals surface area contributed by atoms with Crippen molar-refractivity contribution in [3.05, 3.63) is 76.0 Å². The van der Waals surface area contributed by atoms with E-state index in [1.165, 1.54) is 0 Å². The van der Waals surface area contributed by atoms with Crippen LogP contribution in [0.4, 0.5) is 5.95 Å². The fraction of sp³-hybridized carbons (Fsp3) is 0.238. The van der Waals surface area contributed by atoms with Gasteiger partial charge in [0.2, 0.25) is 5.95 Å². The van der Waals surface area contributed by atoms with Gasteiger partial charge in [-0.05, 0) is 59.7 Å². The van der Waals surface area contributed by atoms with Gasteiger partial charge in [-0.15, -0.1) is 0 Å². The predicted octanol–water partition coefficient (Wildman–Crippen LogP) is 3.76. The molecule has 0 aliphatic carbocycles. The van der Waals surface area contributed by atoms with E-state index in [-0.39, 0.29) is 6.61 Å². The lowest BCUT2D eigenvalue weighted by molar-refractivity contribution is -0.139. The maximum Gasteiger partial charge on any atom is 0.338 e. The fourth-order valence-corrected chi connectivity index (χ4v) is 3.44. The molecule has 0 fully saturated rings. The van der Waals surface area contributed by atoms with Gasteiger partial charge in [-0.2, -0.15) is 4.68 Å². The second kappa shape index (κ2) is 8.54. The third-order valence-electron chi connectivity index (χ3n) is 4.70. The normalized spacial score (nSPS) is 15.4. The molecule has 0 bridgehead atoms. The lowest BCUT2D eigenvalue weighted by Crippen LogP contribution is -2.29. The van der Waals surface area contributed by atoms with Crippen molar-refractivity contribution in [2.24, 2.45) is 0 Å². The first-order chi connectivity index (χ1) is 14.6. The van der Waals surface area contributed by atoms with Crippen LogP contribution < -0.4 is 10.1 Å². The summed E-state index contributed by atoms with van der Waals surface area (Å²) in [5.74, 6) is 0.704. The van der Waals surface area contributed by atoms with E-state index in [0.29, 0.717) is 34.6 Å². The van der Waals surface area contributed by atoms with Gasteiger partial charge < -0.3 is 14.8 Å². The Morgan fingerprint density at radius 2 is 2.03 bits per heavy atom. The van der Waals surface area contributed by atoms with Crippen LogP contribution in [-0.2, 0) is 16.1 Å². The van der Waals surface area contributed by atoms with Crippen LogP contribution in [0.1, 0.15) is 31.0 Å². The first-order valence-corrected chi connectivity index (χ1v) is 9.84. The molecule has 1 N–H and O–H groups in total. The van der Waals surface area contributed by atoms with Gasteiger partial charge in [0, 0.05) is 10.7 Å². The Kier molecular flexibility index (Phi) is 5.67. The highest BCUT2D eigenvalue weighted by atomic mass is 35.5. The van der Waals surface area contributed by atoms with Crippen LogP contribution in [0.3, 0.4) is 0 Å². The number of carbonyl (C=O) groups excluding carboxylic acids is 1. The number of aromatic nitrogens is 4. The number of allylic oxidation sites excluding steroid dienone is 1. The minimum atomic E-state index is -0.533. The third-order valence-corrected chi connectivity index (χ3v) is 4.95. The molecule has 2 heterocycles. The van der Waals surface area contributed by atoms with E-state index in [2.05, 4.69) is 20.8 Å². The predicted molar refractivity (Wildman–Crippen MR) is 111 cm³/mol. The average molecular weight is 426 g/mol. The summed E-state index contributed by atoms with van der Waals surface area (Å²) < 4.78 is 12.8. The van der Waals surface area contributed by atoms with Crippen molar-refractivity contribution in [2.45, 2.75) is 26.5 Å². The monoisotopic (exact) mass is 425 g/mol. The van der Waals surface area contributed by atoms with Crippen molar-refractivity contribution >= 4 is 23.5 Å². The van der Waals surface area contributed by atoms with Gasteiger partial charge in [-0.1, -0.05) is 41.0 Å². The lowest BCUT2D eigenvalue weighted by atomic mass is 9.95. The van der Waals surface area contributed by atoms with Gasteiger partial charge in [0.1, 0.15) is 18.4 Å². The summed E-state index contributed by atoms with van der Waals surface area (Å²) in [6.45, 7) is 4.24. The standard InChI is InChI=1S/C21H20ClN5O3/c1-3-29-20(28)18-13(2)23-21-24-25-26-27(21)19(18)15-5-4-6-17(11-15)30-12-14-7-9-16(22)10-8-14/h4-11,19H,3,12H2,1-2H3,(H,23,24,26). The van der Waals surface area contributed by atoms with Crippen molar-refractivity contribution in [1.82, 2.24) is 20.2 Å². The van der Waals surface area contributed by atoms with E-state index in [4.69, 9.17) is 21.1 Å². The van der Waals surface area contributed by atoms with Crippen molar-refractivity contribution in [2.75, 3.05) is 11.9 Å². The summed E-state index contributed by atoms with van der Waals surface area (Å²) in [4.78, 5) is 12.7. The number of fused-ring (bicyclic) bond motifs is 1. The van der Waals surface area contributed by atoms with E-state index in [1.54, 1.807) is 18.5 Å². The van der Waals surface area contributed by atoms with Gasteiger partial charge in [-0.3, -0.25) is 0 Å². The molecule has 0 radical (unpaired) electrons. The molecule has 9 heteroatoms. The summed E-state index contributed by atoms with van der Waals surface area (Å²) in [6.07, 6.45) is 0. The van der Waals surface area contributed by atoms with Crippen LogP contribution in [-0.4, -0.2) is 32.8 Å². The smallest absolute Gasteiger partial charge is 0.338 e. The Balaban J connectivity index is 1.65. The zero-order valence-corrected chi connectivity index (χ0v) is 17.3. The van der Waals surface area contributed by atoms with Crippen molar-refractivity contribution < 1.29 is 14.3 Å². The molecule has 0 saturated heterocycles. The Bertz CT molecular complexity index is 1090. The van der Waals surface area contributed by atoms with Gasteiger partial charge in [0.15, 0.2) is 0 Å². The van der Waals surface area contributed by atoms with Crippen LogP contribution in [0, 0.1) is 0 Å². The molecule has 1 aliphatic rings. The quantitative estimate of drug-likeness (QED) is 0.601. The van der Waals surface area contributed by atoms with Crippen molar-refractivity contribution in [3.8, 4) is 5.75 Å². The molecule has 1 atom stereocenters.